The summed E-state index contributed by atoms with van der Waals surface area (Å²) in [6, 6.07) is 12.4. The number of benzene rings is 2. The summed E-state index contributed by atoms with van der Waals surface area (Å²) >= 11 is 19.8. The first-order chi connectivity index (χ1) is 15.0. The lowest BCUT2D eigenvalue weighted by atomic mass is 10.1. The van der Waals surface area contributed by atoms with E-state index in [1.165, 1.54) is 0 Å². The summed E-state index contributed by atoms with van der Waals surface area (Å²) in [7, 11) is 0. The van der Waals surface area contributed by atoms with E-state index in [1.807, 2.05) is 17.0 Å². The zero-order chi connectivity index (χ0) is 22.0. The van der Waals surface area contributed by atoms with Gasteiger partial charge in [-0.2, -0.15) is 0 Å². The molecule has 2 aromatic carbocycles. The lowest BCUT2D eigenvalue weighted by molar-refractivity contribution is 0.0727. The lowest BCUT2D eigenvalue weighted by Gasteiger charge is -2.24. The Bertz CT molecular complexity index is 1090. The van der Waals surface area contributed by atoms with Crippen molar-refractivity contribution in [3.05, 3.63) is 74.5 Å². The minimum Gasteiger partial charge on any atom is -0.328 e. The van der Waals surface area contributed by atoms with Crippen molar-refractivity contribution in [1.29, 1.82) is 0 Å². The molecule has 31 heavy (non-hydrogen) atoms. The number of hydrogen-bond acceptors (Lipinski definition) is 4. The highest BCUT2D eigenvalue weighted by atomic mass is 35.5. The molecule has 3 aromatic rings. The Balaban J connectivity index is 1.54. The number of carbonyl (C=O) groups is 1. The molecule has 1 amide bonds. The van der Waals surface area contributed by atoms with E-state index in [1.54, 1.807) is 42.1 Å². The lowest BCUT2D eigenvalue weighted by Crippen LogP contribution is -2.32. The second kappa shape index (κ2) is 9.82. The van der Waals surface area contributed by atoms with Crippen LogP contribution >= 0.6 is 46.6 Å². The number of hydrogen-bond donors (Lipinski definition) is 0. The molecule has 0 bridgehead atoms. The minimum atomic E-state index is -0.0934. The molecule has 0 radical (unpaired) electrons. The Hall–Kier alpha value is -1.73. The summed E-state index contributed by atoms with van der Waals surface area (Å²) in [5, 5.41) is 11.6. The number of aromatic nitrogens is 3. The maximum absolute atomic E-state index is 13.1. The van der Waals surface area contributed by atoms with Crippen molar-refractivity contribution in [3.63, 3.8) is 0 Å². The fraction of sp³-hybridized carbons (Fsp3) is 0.318. The predicted octanol–water partition coefficient (Wildman–Crippen LogP) is 6.53. The first-order valence-corrected chi connectivity index (χ1v) is 12.2. The predicted molar refractivity (Wildman–Crippen MR) is 126 cm³/mol. The maximum Gasteiger partial charge on any atom is 0.254 e. The van der Waals surface area contributed by atoms with Crippen LogP contribution in [-0.4, -0.2) is 32.1 Å². The maximum atomic E-state index is 13.1. The standard InChI is InChI=1S/C22H21Cl3N4OS/c1-2-28-20(26-27-22(28)31-13-15-7-10-17(24)12-18(15)25)19-4-3-11-29(19)21(30)14-5-8-16(23)9-6-14/h5-10,12,19H,2-4,11,13H2,1H3. The highest BCUT2D eigenvalue weighted by Crippen LogP contribution is 2.35. The molecule has 5 nitrogen and oxygen atoms in total. The number of nitrogens with zero attached hydrogens (tertiary/aromatic N) is 4. The van der Waals surface area contributed by atoms with Gasteiger partial charge >= 0.3 is 0 Å². The minimum absolute atomic E-state index is 0.00744. The van der Waals surface area contributed by atoms with Crippen LogP contribution in [0.15, 0.2) is 47.6 Å². The Morgan fingerprint density at radius 3 is 2.55 bits per heavy atom. The molecule has 2 heterocycles. The van der Waals surface area contributed by atoms with Gasteiger partial charge in [0.05, 0.1) is 6.04 Å². The molecule has 4 rings (SSSR count). The Labute approximate surface area is 200 Å². The van der Waals surface area contributed by atoms with Gasteiger partial charge in [0.2, 0.25) is 0 Å². The summed E-state index contributed by atoms with van der Waals surface area (Å²) in [5.41, 5.74) is 1.62. The van der Waals surface area contributed by atoms with Gasteiger partial charge in [0.25, 0.3) is 5.91 Å². The van der Waals surface area contributed by atoms with E-state index >= 15 is 0 Å². The SMILES string of the molecule is CCn1c(SCc2ccc(Cl)cc2Cl)nnc1C1CCCN1C(=O)c1ccc(Cl)cc1. The van der Waals surface area contributed by atoms with Crippen molar-refractivity contribution in [2.45, 2.75) is 43.3 Å². The third-order valence-electron chi connectivity index (χ3n) is 5.34. The zero-order valence-electron chi connectivity index (χ0n) is 16.9. The van der Waals surface area contributed by atoms with Gasteiger partial charge in [0, 0.05) is 39.5 Å². The summed E-state index contributed by atoms with van der Waals surface area (Å²) in [5.74, 6) is 1.48. The average Bonchev–Trinajstić information content (AvgIpc) is 3.39. The fourth-order valence-electron chi connectivity index (χ4n) is 3.77. The summed E-state index contributed by atoms with van der Waals surface area (Å²) < 4.78 is 2.09. The van der Waals surface area contributed by atoms with Crippen molar-refractivity contribution < 1.29 is 4.79 Å². The van der Waals surface area contributed by atoms with Gasteiger partial charge in [-0.05, 0) is 61.7 Å². The molecule has 0 N–H and O–H groups in total. The molecule has 9 heteroatoms. The second-order valence-corrected chi connectivity index (χ2v) is 9.50. The molecule has 0 saturated carbocycles. The van der Waals surface area contributed by atoms with E-state index < -0.39 is 0 Å². The zero-order valence-corrected chi connectivity index (χ0v) is 20.0. The molecule has 1 saturated heterocycles. The molecule has 1 aliphatic heterocycles. The third kappa shape index (κ3) is 4.87. The Kier molecular flexibility index (Phi) is 7.12. The number of carbonyl (C=O) groups excluding carboxylic acids is 1. The van der Waals surface area contributed by atoms with Gasteiger partial charge in [0.15, 0.2) is 11.0 Å². The largest absolute Gasteiger partial charge is 0.328 e. The van der Waals surface area contributed by atoms with Crippen LogP contribution in [0.1, 0.15) is 47.6 Å². The topological polar surface area (TPSA) is 51.0 Å². The van der Waals surface area contributed by atoms with Crippen LogP contribution in [0.4, 0.5) is 0 Å². The van der Waals surface area contributed by atoms with Crippen molar-refractivity contribution in [2.75, 3.05) is 6.54 Å². The van der Waals surface area contributed by atoms with Gasteiger partial charge in [-0.15, -0.1) is 10.2 Å². The number of rotatable bonds is 6. The van der Waals surface area contributed by atoms with Crippen molar-refractivity contribution >= 4 is 52.5 Å². The monoisotopic (exact) mass is 494 g/mol. The number of likely N-dealkylation sites (tertiary alicyclic amines) is 1. The summed E-state index contributed by atoms with van der Waals surface area (Å²) in [6.07, 6.45) is 1.80. The van der Waals surface area contributed by atoms with E-state index in [-0.39, 0.29) is 11.9 Å². The Morgan fingerprint density at radius 1 is 1.10 bits per heavy atom. The number of thioether (sulfide) groups is 1. The van der Waals surface area contributed by atoms with E-state index in [9.17, 15) is 4.79 Å². The quantitative estimate of drug-likeness (QED) is 0.365. The van der Waals surface area contributed by atoms with Crippen LogP contribution < -0.4 is 0 Å². The molecule has 1 atom stereocenters. The van der Waals surface area contributed by atoms with Gasteiger partial charge in [0.1, 0.15) is 0 Å². The smallest absolute Gasteiger partial charge is 0.254 e. The van der Waals surface area contributed by atoms with E-state index in [4.69, 9.17) is 34.8 Å². The fourth-order valence-corrected chi connectivity index (χ4v) is 5.46. The van der Waals surface area contributed by atoms with Crippen molar-refractivity contribution in [2.24, 2.45) is 0 Å². The summed E-state index contributed by atoms with van der Waals surface area (Å²) in [6.45, 7) is 3.48. The van der Waals surface area contributed by atoms with Gasteiger partial charge in [-0.3, -0.25) is 4.79 Å². The van der Waals surface area contributed by atoms with E-state index in [2.05, 4.69) is 21.7 Å². The number of halogens is 3. The molecule has 0 aliphatic carbocycles. The van der Waals surface area contributed by atoms with Crippen LogP contribution in [0.5, 0.6) is 0 Å². The highest BCUT2D eigenvalue weighted by molar-refractivity contribution is 7.98. The van der Waals surface area contributed by atoms with Crippen molar-refractivity contribution in [1.82, 2.24) is 19.7 Å². The van der Waals surface area contributed by atoms with Gasteiger partial charge in [-0.1, -0.05) is 52.6 Å². The first-order valence-electron chi connectivity index (χ1n) is 10.0. The molecule has 162 valence electrons. The Morgan fingerprint density at radius 2 is 1.84 bits per heavy atom. The van der Waals surface area contributed by atoms with Gasteiger partial charge < -0.3 is 9.47 Å². The van der Waals surface area contributed by atoms with Crippen LogP contribution in [-0.2, 0) is 12.3 Å². The molecule has 1 fully saturated rings. The van der Waals surface area contributed by atoms with Crippen LogP contribution in [0.2, 0.25) is 15.1 Å². The van der Waals surface area contributed by atoms with Crippen LogP contribution in [0, 0.1) is 0 Å². The molecular weight excluding hydrogens is 475 g/mol. The second-order valence-electron chi connectivity index (χ2n) is 7.27. The molecule has 1 aromatic heterocycles. The average molecular weight is 496 g/mol. The first kappa shape index (κ1) is 22.5. The van der Waals surface area contributed by atoms with E-state index in [0.717, 1.165) is 35.9 Å². The van der Waals surface area contributed by atoms with Crippen LogP contribution in [0.25, 0.3) is 0 Å². The van der Waals surface area contributed by atoms with E-state index in [0.29, 0.717) is 32.9 Å². The normalized spacial score (nSPS) is 16.1. The van der Waals surface area contributed by atoms with Gasteiger partial charge in [-0.25, -0.2) is 0 Å². The summed E-state index contributed by atoms with van der Waals surface area (Å²) in [4.78, 5) is 15.0. The molecular formula is C22H21Cl3N4OS. The molecule has 1 unspecified atom stereocenters. The molecule has 1 aliphatic rings. The third-order valence-corrected chi connectivity index (χ3v) is 7.19. The van der Waals surface area contributed by atoms with Crippen molar-refractivity contribution in [3.8, 4) is 0 Å². The van der Waals surface area contributed by atoms with Crippen LogP contribution in [0.3, 0.4) is 0 Å². The highest BCUT2D eigenvalue weighted by Gasteiger charge is 2.34. The molecule has 0 spiro atoms. The number of amides is 1.